The summed E-state index contributed by atoms with van der Waals surface area (Å²) in [6, 6.07) is 8.35. The highest BCUT2D eigenvalue weighted by molar-refractivity contribution is 5.96. The lowest BCUT2D eigenvalue weighted by Gasteiger charge is -2.27. The lowest BCUT2D eigenvalue weighted by molar-refractivity contribution is -0.127. The van der Waals surface area contributed by atoms with E-state index in [1.165, 1.54) is 5.56 Å². The fraction of sp³-hybridized carbons (Fsp3) is 0.524. The summed E-state index contributed by atoms with van der Waals surface area (Å²) < 4.78 is 8.13. The molecule has 1 aliphatic heterocycles. The van der Waals surface area contributed by atoms with Gasteiger partial charge in [-0.1, -0.05) is 19.1 Å². The number of aromatic nitrogens is 2. The summed E-state index contributed by atoms with van der Waals surface area (Å²) in [7, 11) is 0. The highest BCUT2D eigenvalue weighted by atomic mass is 16.5. The van der Waals surface area contributed by atoms with Gasteiger partial charge in [-0.05, 0) is 57.2 Å². The van der Waals surface area contributed by atoms with Crippen LogP contribution in [-0.2, 0) is 9.53 Å². The highest BCUT2D eigenvalue weighted by Gasteiger charge is 2.58. The second kappa shape index (κ2) is 6.23. The Balaban J connectivity index is 1.45. The van der Waals surface area contributed by atoms with Gasteiger partial charge in [-0.3, -0.25) is 4.79 Å². The summed E-state index contributed by atoms with van der Waals surface area (Å²) in [4.78, 5) is 17.2. The predicted molar refractivity (Wildman–Crippen MR) is 101 cm³/mol. The molecule has 0 radical (unpaired) electrons. The maximum absolute atomic E-state index is 12.9. The number of rotatable bonds is 5. The minimum absolute atomic E-state index is 0.0563. The number of nitrogens with one attached hydrogen (secondary N) is 1. The van der Waals surface area contributed by atoms with Gasteiger partial charge in [-0.2, -0.15) is 0 Å². The van der Waals surface area contributed by atoms with E-state index in [4.69, 9.17) is 4.74 Å². The minimum Gasteiger partial charge on any atom is -0.374 e. The van der Waals surface area contributed by atoms with Gasteiger partial charge in [-0.15, -0.1) is 0 Å². The molecule has 3 atom stereocenters. The second-order valence-electron chi connectivity index (χ2n) is 7.92. The Morgan fingerprint density at radius 3 is 2.65 bits per heavy atom. The molecule has 5 heteroatoms. The third-order valence-electron chi connectivity index (χ3n) is 6.43. The van der Waals surface area contributed by atoms with Crippen molar-refractivity contribution in [3.05, 3.63) is 48.0 Å². The molecule has 2 bridgehead atoms. The van der Waals surface area contributed by atoms with E-state index in [0.717, 1.165) is 37.2 Å². The molecule has 138 valence electrons. The van der Waals surface area contributed by atoms with Crippen LogP contribution in [0, 0.1) is 12.3 Å². The van der Waals surface area contributed by atoms with Crippen molar-refractivity contribution in [1.82, 2.24) is 9.55 Å². The number of fused-ring (bicyclic) bond motifs is 2. The number of benzene rings is 1. The summed E-state index contributed by atoms with van der Waals surface area (Å²) in [5.74, 6) is 1.10. The maximum atomic E-state index is 12.9. The molecule has 5 nitrogen and oxygen atoms in total. The molecule has 1 saturated carbocycles. The van der Waals surface area contributed by atoms with Gasteiger partial charge in [0, 0.05) is 18.1 Å². The quantitative estimate of drug-likeness (QED) is 0.881. The van der Waals surface area contributed by atoms with Crippen molar-refractivity contribution >= 4 is 11.6 Å². The van der Waals surface area contributed by atoms with Crippen molar-refractivity contribution in [2.24, 2.45) is 5.41 Å². The Morgan fingerprint density at radius 2 is 2.12 bits per heavy atom. The number of nitrogens with zero attached hydrogens (tertiary/aromatic N) is 2. The van der Waals surface area contributed by atoms with E-state index < -0.39 is 0 Å². The third-order valence-corrected chi connectivity index (χ3v) is 6.43. The van der Waals surface area contributed by atoms with E-state index in [1.54, 1.807) is 0 Å². The first-order chi connectivity index (χ1) is 12.5. The zero-order valence-electron chi connectivity index (χ0n) is 15.8. The predicted octanol–water partition coefficient (Wildman–Crippen LogP) is 4.09. The fourth-order valence-electron chi connectivity index (χ4n) is 4.53. The van der Waals surface area contributed by atoms with Gasteiger partial charge in [0.15, 0.2) is 0 Å². The largest absolute Gasteiger partial charge is 0.374 e. The molecular weight excluding hydrogens is 326 g/mol. The molecule has 1 amide bonds. The van der Waals surface area contributed by atoms with Crippen LogP contribution >= 0.6 is 0 Å². The smallest absolute Gasteiger partial charge is 0.233 e. The summed E-state index contributed by atoms with van der Waals surface area (Å²) in [6.45, 7) is 6.87. The molecule has 1 aromatic carbocycles. The number of aryl methyl sites for hydroxylation is 1. The molecule has 1 aromatic heterocycles. The number of carbonyl (C=O) groups is 1. The Labute approximate surface area is 154 Å². The number of hydrogen-bond donors (Lipinski definition) is 1. The molecule has 26 heavy (non-hydrogen) atoms. The van der Waals surface area contributed by atoms with E-state index in [-0.39, 0.29) is 23.0 Å². The van der Waals surface area contributed by atoms with E-state index in [0.29, 0.717) is 6.61 Å². The highest BCUT2D eigenvalue weighted by Crippen LogP contribution is 2.54. The van der Waals surface area contributed by atoms with Crippen LogP contribution in [0.2, 0.25) is 0 Å². The van der Waals surface area contributed by atoms with Gasteiger partial charge >= 0.3 is 0 Å². The lowest BCUT2D eigenvalue weighted by Crippen LogP contribution is -2.35. The lowest BCUT2D eigenvalue weighted by atomic mass is 9.86. The third kappa shape index (κ3) is 2.75. The first-order valence-corrected chi connectivity index (χ1v) is 9.52. The standard InChI is InChI=1S/C21H27N3O2/c1-4-21-10-9-20(13-21,14-26-21)19(25)23-18-7-5-17(6-8-18)15(2)24-12-11-22-16(24)3/h5-8,11-12,15H,4,9-10,13-14H2,1-3H3,(H,23,25)/t15-,20-,21-/m0/s1. The van der Waals surface area contributed by atoms with Crippen LogP contribution in [0.5, 0.6) is 0 Å². The van der Waals surface area contributed by atoms with Crippen LogP contribution in [0.3, 0.4) is 0 Å². The van der Waals surface area contributed by atoms with Crippen LogP contribution in [-0.4, -0.2) is 27.7 Å². The first-order valence-electron chi connectivity index (χ1n) is 9.52. The summed E-state index contributed by atoms with van der Waals surface area (Å²) in [5, 5.41) is 3.12. The summed E-state index contributed by atoms with van der Waals surface area (Å²) in [5.41, 5.74) is 1.65. The second-order valence-corrected chi connectivity index (χ2v) is 7.92. The zero-order valence-corrected chi connectivity index (χ0v) is 15.8. The maximum Gasteiger partial charge on any atom is 0.233 e. The van der Waals surface area contributed by atoms with Crippen molar-refractivity contribution in [2.75, 3.05) is 11.9 Å². The van der Waals surface area contributed by atoms with E-state index in [1.807, 2.05) is 31.5 Å². The average molecular weight is 353 g/mol. The SMILES string of the molecule is CC[C@@]12CC[C@@](C(=O)Nc3ccc([C@H](C)n4ccnc4C)cc3)(CO1)C2. The van der Waals surface area contributed by atoms with E-state index in [2.05, 4.69) is 40.8 Å². The van der Waals surface area contributed by atoms with Crippen molar-refractivity contribution in [3.8, 4) is 0 Å². The van der Waals surface area contributed by atoms with Crippen LogP contribution in [0.25, 0.3) is 0 Å². The van der Waals surface area contributed by atoms with Gasteiger partial charge in [0.25, 0.3) is 0 Å². The van der Waals surface area contributed by atoms with Crippen molar-refractivity contribution in [1.29, 1.82) is 0 Å². The van der Waals surface area contributed by atoms with Gasteiger partial charge in [0.1, 0.15) is 5.82 Å². The van der Waals surface area contributed by atoms with Crippen LogP contribution in [0.1, 0.15) is 57.0 Å². The van der Waals surface area contributed by atoms with Crippen molar-refractivity contribution in [2.45, 2.75) is 58.1 Å². The fourth-order valence-corrected chi connectivity index (χ4v) is 4.53. The van der Waals surface area contributed by atoms with Crippen LogP contribution in [0.4, 0.5) is 5.69 Å². The van der Waals surface area contributed by atoms with Gasteiger partial charge in [0.05, 0.1) is 23.7 Å². The summed E-state index contributed by atoms with van der Waals surface area (Å²) >= 11 is 0. The van der Waals surface area contributed by atoms with Crippen molar-refractivity contribution < 1.29 is 9.53 Å². The Morgan fingerprint density at radius 1 is 1.35 bits per heavy atom. The number of hydrogen-bond acceptors (Lipinski definition) is 3. The number of imidazole rings is 1. The molecule has 2 heterocycles. The Bertz CT molecular complexity index is 801. The van der Waals surface area contributed by atoms with Gasteiger partial charge in [-0.25, -0.2) is 4.98 Å². The molecular formula is C21H27N3O2. The molecule has 2 fully saturated rings. The molecule has 1 aliphatic carbocycles. The monoisotopic (exact) mass is 353 g/mol. The zero-order chi connectivity index (χ0) is 18.4. The van der Waals surface area contributed by atoms with E-state index in [9.17, 15) is 4.79 Å². The summed E-state index contributed by atoms with van der Waals surface area (Å²) in [6.07, 6.45) is 7.59. The molecule has 2 aromatic rings. The number of carbonyl (C=O) groups excluding carboxylic acids is 1. The number of ether oxygens (including phenoxy) is 1. The number of amides is 1. The topological polar surface area (TPSA) is 56.2 Å². The molecule has 2 aliphatic rings. The van der Waals surface area contributed by atoms with Gasteiger partial charge in [0.2, 0.25) is 5.91 Å². The number of anilines is 1. The van der Waals surface area contributed by atoms with Crippen molar-refractivity contribution in [3.63, 3.8) is 0 Å². The molecule has 0 spiro atoms. The molecule has 1 N–H and O–H groups in total. The first kappa shape index (κ1) is 17.3. The van der Waals surface area contributed by atoms with E-state index >= 15 is 0 Å². The van der Waals surface area contributed by atoms with Gasteiger partial charge < -0.3 is 14.6 Å². The molecule has 1 saturated heterocycles. The Kier molecular flexibility index (Phi) is 4.14. The average Bonchev–Trinajstić information content (AvgIpc) is 3.36. The minimum atomic E-state index is -0.337. The Hall–Kier alpha value is -2.14. The van der Waals surface area contributed by atoms with Crippen LogP contribution in [0.15, 0.2) is 36.7 Å². The van der Waals surface area contributed by atoms with Crippen LogP contribution < -0.4 is 5.32 Å². The molecule has 4 rings (SSSR count). The normalized spacial score (nSPS) is 28.3. The molecule has 0 unspecified atom stereocenters.